The van der Waals surface area contributed by atoms with Crippen LogP contribution in [0.25, 0.3) is 0 Å². The first-order valence-electron chi connectivity index (χ1n) is 8.14. The largest absolute Gasteiger partial charge is 0.492 e. The van der Waals surface area contributed by atoms with Gasteiger partial charge in [0.05, 0.1) is 23.8 Å². The van der Waals surface area contributed by atoms with Crippen LogP contribution in [-0.4, -0.2) is 50.3 Å². The van der Waals surface area contributed by atoms with Gasteiger partial charge >= 0.3 is 0 Å². The van der Waals surface area contributed by atoms with Crippen LogP contribution in [0.5, 0.6) is 5.75 Å². The highest BCUT2D eigenvalue weighted by atomic mass is 35.5. The van der Waals surface area contributed by atoms with Crippen molar-refractivity contribution in [2.45, 2.75) is 31.4 Å². The average Bonchev–Trinajstić information content (AvgIpc) is 2.55. The SMILES string of the molecule is CN1CCC(OCC(=O)NC2CCOc3c(Cl)cccc32)CC1. The number of amides is 1. The van der Waals surface area contributed by atoms with E-state index in [-0.39, 0.29) is 24.7 Å². The first kappa shape index (κ1) is 16.6. The van der Waals surface area contributed by atoms with Crippen LogP contribution < -0.4 is 10.1 Å². The summed E-state index contributed by atoms with van der Waals surface area (Å²) in [6.07, 6.45) is 2.90. The third-order valence-electron chi connectivity index (χ3n) is 4.48. The quantitative estimate of drug-likeness (QED) is 0.916. The van der Waals surface area contributed by atoms with Crippen molar-refractivity contribution in [2.75, 3.05) is 33.4 Å². The molecule has 0 radical (unpaired) electrons. The molecule has 23 heavy (non-hydrogen) atoms. The van der Waals surface area contributed by atoms with Gasteiger partial charge in [-0.2, -0.15) is 0 Å². The molecule has 1 atom stereocenters. The molecule has 3 rings (SSSR count). The molecule has 0 saturated carbocycles. The van der Waals surface area contributed by atoms with Crippen LogP contribution in [-0.2, 0) is 9.53 Å². The number of nitrogens with one attached hydrogen (secondary N) is 1. The van der Waals surface area contributed by atoms with Crippen molar-refractivity contribution in [3.63, 3.8) is 0 Å². The second kappa shape index (κ2) is 7.51. The molecule has 0 spiro atoms. The standard InChI is InChI=1S/C17H23ClN2O3/c1-20-8-5-12(6-9-20)23-11-16(21)19-15-7-10-22-17-13(15)3-2-4-14(17)18/h2-4,12,15H,5-11H2,1H3,(H,19,21). The molecular formula is C17H23ClN2O3. The molecule has 1 aromatic rings. The van der Waals surface area contributed by atoms with Crippen molar-refractivity contribution in [1.29, 1.82) is 0 Å². The lowest BCUT2D eigenvalue weighted by molar-refractivity contribution is -0.129. The fourth-order valence-corrected chi connectivity index (χ4v) is 3.35. The minimum atomic E-state index is -0.0817. The van der Waals surface area contributed by atoms with Gasteiger partial charge in [0.1, 0.15) is 12.4 Å². The van der Waals surface area contributed by atoms with Gasteiger partial charge in [0, 0.05) is 25.1 Å². The number of hydrogen-bond donors (Lipinski definition) is 1. The zero-order valence-electron chi connectivity index (χ0n) is 13.4. The number of para-hydroxylation sites is 1. The molecule has 1 fully saturated rings. The highest BCUT2D eigenvalue weighted by molar-refractivity contribution is 6.32. The lowest BCUT2D eigenvalue weighted by Crippen LogP contribution is -2.38. The van der Waals surface area contributed by atoms with E-state index in [1.54, 1.807) is 6.07 Å². The number of ether oxygens (including phenoxy) is 2. The summed E-state index contributed by atoms with van der Waals surface area (Å²) < 4.78 is 11.4. The van der Waals surface area contributed by atoms with Crippen LogP contribution in [0.4, 0.5) is 0 Å². The van der Waals surface area contributed by atoms with Gasteiger partial charge in [-0.05, 0) is 26.0 Å². The number of piperidine rings is 1. The van der Waals surface area contributed by atoms with Crippen LogP contribution in [0.1, 0.15) is 30.9 Å². The number of carbonyl (C=O) groups excluding carboxylic acids is 1. The van der Waals surface area contributed by atoms with E-state index in [0.29, 0.717) is 17.4 Å². The maximum absolute atomic E-state index is 12.2. The van der Waals surface area contributed by atoms with Crippen LogP contribution in [0.2, 0.25) is 5.02 Å². The van der Waals surface area contributed by atoms with Crippen LogP contribution >= 0.6 is 11.6 Å². The number of nitrogens with zero attached hydrogens (tertiary/aromatic N) is 1. The number of benzene rings is 1. The van der Waals surface area contributed by atoms with Crippen molar-refractivity contribution in [1.82, 2.24) is 10.2 Å². The Balaban J connectivity index is 1.52. The molecule has 1 saturated heterocycles. The summed E-state index contributed by atoms with van der Waals surface area (Å²) in [5.41, 5.74) is 0.941. The summed E-state index contributed by atoms with van der Waals surface area (Å²) in [5, 5.41) is 3.62. The highest BCUT2D eigenvalue weighted by Crippen LogP contribution is 2.37. The summed E-state index contributed by atoms with van der Waals surface area (Å²) in [4.78, 5) is 14.5. The minimum Gasteiger partial charge on any atom is -0.492 e. The third-order valence-corrected chi connectivity index (χ3v) is 4.77. The monoisotopic (exact) mass is 338 g/mol. The van der Waals surface area contributed by atoms with Gasteiger partial charge in [-0.25, -0.2) is 0 Å². The maximum atomic E-state index is 12.2. The van der Waals surface area contributed by atoms with Crippen molar-refractivity contribution in [3.8, 4) is 5.75 Å². The number of likely N-dealkylation sites (tertiary alicyclic amines) is 1. The lowest BCUT2D eigenvalue weighted by Gasteiger charge is -2.29. The third kappa shape index (κ3) is 4.16. The van der Waals surface area contributed by atoms with E-state index in [0.717, 1.165) is 37.9 Å². The average molecular weight is 339 g/mol. The van der Waals surface area contributed by atoms with E-state index >= 15 is 0 Å². The predicted molar refractivity (Wildman–Crippen MR) is 88.9 cm³/mol. The molecule has 2 heterocycles. The van der Waals surface area contributed by atoms with Gasteiger partial charge in [0.15, 0.2) is 0 Å². The number of carbonyl (C=O) groups is 1. The molecule has 0 aromatic heterocycles. The first-order valence-corrected chi connectivity index (χ1v) is 8.52. The maximum Gasteiger partial charge on any atom is 0.246 e. The summed E-state index contributed by atoms with van der Waals surface area (Å²) in [6, 6.07) is 5.56. The van der Waals surface area contributed by atoms with Gasteiger partial charge in [-0.1, -0.05) is 23.7 Å². The molecule has 5 nitrogen and oxygen atoms in total. The Morgan fingerprint density at radius 3 is 2.96 bits per heavy atom. The van der Waals surface area contributed by atoms with E-state index in [1.807, 2.05) is 12.1 Å². The van der Waals surface area contributed by atoms with Gasteiger partial charge in [0.25, 0.3) is 0 Å². The Bertz CT molecular complexity index is 559. The van der Waals surface area contributed by atoms with E-state index in [9.17, 15) is 4.79 Å². The van der Waals surface area contributed by atoms with Crippen LogP contribution in [0.15, 0.2) is 18.2 Å². The molecule has 1 aromatic carbocycles. The summed E-state index contributed by atoms with van der Waals surface area (Å²) in [7, 11) is 2.11. The predicted octanol–water partition coefficient (Wildman–Crippen LogP) is 2.39. The molecule has 126 valence electrons. The number of fused-ring (bicyclic) bond motifs is 1. The summed E-state index contributed by atoms with van der Waals surface area (Å²) >= 11 is 6.15. The molecule has 1 N–H and O–H groups in total. The van der Waals surface area contributed by atoms with Gasteiger partial charge < -0.3 is 19.7 Å². The Hall–Kier alpha value is -1.30. The zero-order valence-corrected chi connectivity index (χ0v) is 14.1. The van der Waals surface area contributed by atoms with Crippen molar-refractivity contribution in [2.24, 2.45) is 0 Å². The molecular weight excluding hydrogens is 316 g/mol. The van der Waals surface area contributed by atoms with Crippen LogP contribution in [0.3, 0.4) is 0 Å². The zero-order chi connectivity index (χ0) is 16.2. The first-order chi connectivity index (χ1) is 11.1. The van der Waals surface area contributed by atoms with E-state index in [2.05, 4.69) is 17.3 Å². The molecule has 1 unspecified atom stereocenters. The fourth-order valence-electron chi connectivity index (χ4n) is 3.12. The minimum absolute atomic E-state index is 0.0639. The molecule has 1 amide bonds. The van der Waals surface area contributed by atoms with Crippen molar-refractivity contribution < 1.29 is 14.3 Å². The number of halogens is 1. The summed E-state index contributed by atoms with van der Waals surface area (Å²) in [6.45, 7) is 2.72. The van der Waals surface area contributed by atoms with E-state index in [1.165, 1.54) is 0 Å². The Kier molecular flexibility index (Phi) is 5.41. The Morgan fingerprint density at radius 1 is 1.39 bits per heavy atom. The van der Waals surface area contributed by atoms with Gasteiger partial charge in [0.2, 0.25) is 5.91 Å². The smallest absolute Gasteiger partial charge is 0.246 e. The van der Waals surface area contributed by atoms with E-state index < -0.39 is 0 Å². The number of hydrogen-bond acceptors (Lipinski definition) is 4. The normalized spacial score (nSPS) is 22.3. The second-order valence-electron chi connectivity index (χ2n) is 6.23. The topological polar surface area (TPSA) is 50.8 Å². The molecule has 6 heteroatoms. The highest BCUT2D eigenvalue weighted by Gasteiger charge is 2.25. The van der Waals surface area contributed by atoms with Crippen LogP contribution in [0, 0.1) is 0 Å². The molecule has 0 aliphatic carbocycles. The van der Waals surface area contributed by atoms with Crippen molar-refractivity contribution >= 4 is 17.5 Å². The molecule has 0 bridgehead atoms. The van der Waals surface area contributed by atoms with E-state index in [4.69, 9.17) is 21.1 Å². The van der Waals surface area contributed by atoms with Crippen molar-refractivity contribution in [3.05, 3.63) is 28.8 Å². The Labute approximate surface area is 141 Å². The lowest BCUT2D eigenvalue weighted by atomic mass is 10.0. The van der Waals surface area contributed by atoms with Gasteiger partial charge in [-0.3, -0.25) is 4.79 Å². The summed E-state index contributed by atoms with van der Waals surface area (Å²) in [5.74, 6) is 0.601. The molecule has 2 aliphatic rings. The molecule has 2 aliphatic heterocycles. The van der Waals surface area contributed by atoms with Gasteiger partial charge in [-0.15, -0.1) is 0 Å². The Morgan fingerprint density at radius 2 is 2.17 bits per heavy atom. The second-order valence-corrected chi connectivity index (χ2v) is 6.64. The fraction of sp³-hybridized carbons (Fsp3) is 0.588. The number of rotatable bonds is 4.